The summed E-state index contributed by atoms with van der Waals surface area (Å²) in [6.07, 6.45) is 0. The molecule has 1 aromatic heterocycles. The molecular formula is C21H17FN4O2. The van der Waals surface area contributed by atoms with Crippen molar-refractivity contribution in [3.63, 3.8) is 0 Å². The Kier molecular flexibility index (Phi) is 4.77. The zero-order chi connectivity index (χ0) is 19.5. The number of halogens is 1. The summed E-state index contributed by atoms with van der Waals surface area (Å²) in [6, 6.07) is 16.7. The van der Waals surface area contributed by atoms with Crippen molar-refractivity contribution in [1.82, 2.24) is 14.7 Å². The molecule has 0 N–H and O–H groups in total. The highest BCUT2D eigenvalue weighted by atomic mass is 19.1. The van der Waals surface area contributed by atoms with Crippen LogP contribution >= 0.6 is 0 Å². The Morgan fingerprint density at radius 1 is 1.18 bits per heavy atom. The monoisotopic (exact) mass is 376 g/mol. The Hall–Kier alpha value is -3.66. The van der Waals surface area contributed by atoms with Crippen molar-refractivity contribution in [3.05, 3.63) is 82.8 Å². The Balaban J connectivity index is 1.42. The number of aromatic nitrogens is 2. The van der Waals surface area contributed by atoms with Gasteiger partial charge in [0.15, 0.2) is 0 Å². The van der Waals surface area contributed by atoms with Gasteiger partial charge in [-0.05, 0) is 42.0 Å². The van der Waals surface area contributed by atoms with Crippen LogP contribution in [-0.2, 0) is 19.7 Å². The lowest BCUT2D eigenvalue weighted by molar-refractivity contribution is 0.0706. The van der Waals surface area contributed by atoms with Gasteiger partial charge in [-0.15, -0.1) is 5.10 Å². The van der Waals surface area contributed by atoms with Crippen LogP contribution in [0.25, 0.3) is 0 Å². The highest BCUT2D eigenvalue weighted by Gasteiger charge is 2.23. The summed E-state index contributed by atoms with van der Waals surface area (Å²) in [4.78, 5) is 14.3. The Bertz CT molecular complexity index is 1050. The number of carbonyl (C=O) groups is 1. The molecule has 3 aromatic rings. The number of hydrogen-bond donors (Lipinski definition) is 0. The molecule has 140 valence electrons. The zero-order valence-electron chi connectivity index (χ0n) is 15.0. The summed E-state index contributed by atoms with van der Waals surface area (Å²) < 4.78 is 20.6. The van der Waals surface area contributed by atoms with Crippen LogP contribution in [0.15, 0.2) is 54.6 Å². The number of ether oxygens (including phenoxy) is 1. The van der Waals surface area contributed by atoms with Gasteiger partial charge in [0.25, 0.3) is 5.91 Å². The smallest absolute Gasteiger partial charge is 0.254 e. The SMILES string of the molecule is N#Cc1cccc(COc2cc3n(n2)CCN(C(=O)c2ccc(F)cc2)C3)c1. The van der Waals surface area contributed by atoms with Gasteiger partial charge in [-0.1, -0.05) is 12.1 Å². The van der Waals surface area contributed by atoms with E-state index in [2.05, 4.69) is 11.2 Å². The average molecular weight is 376 g/mol. The molecule has 6 nitrogen and oxygen atoms in total. The molecule has 0 aliphatic carbocycles. The van der Waals surface area contributed by atoms with Gasteiger partial charge < -0.3 is 9.64 Å². The van der Waals surface area contributed by atoms with Crippen LogP contribution in [0.4, 0.5) is 4.39 Å². The first-order valence-electron chi connectivity index (χ1n) is 8.86. The van der Waals surface area contributed by atoms with E-state index in [1.807, 2.05) is 22.9 Å². The summed E-state index contributed by atoms with van der Waals surface area (Å²) in [5.41, 5.74) is 2.81. The second kappa shape index (κ2) is 7.53. The molecule has 0 atom stereocenters. The third-order valence-electron chi connectivity index (χ3n) is 4.60. The number of amides is 1. The van der Waals surface area contributed by atoms with Crippen molar-refractivity contribution in [2.75, 3.05) is 6.54 Å². The van der Waals surface area contributed by atoms with Gasteiger partial charge in [0.05, 0.1) is 30.4 Å². The molecule has 0 fully saturated rings. The first-order valence-corrected chi connectivity index (χ1v) is 8.86. The second-order valence-corrected chi connectivity index (χ2v) is 6.53. The van der Waals surface area contributed by atoms with Crippen molar-refractivity contribution in [3.8, 4) is 11.9 Å². The Morgan fingerprint density at radius 2 is 2.00 bits per heavy atom. The summed E-state index contributed by atoms with van der Waals surface area (Å²) in [6.45, 7) is 1.81. The first kappa shape index (κ1) is 17.7. The second-order valence-electron chi connectivity index (χ2n) is 6.53. The summed E-state index contributed by atoms with van der Waals surface area (Å²) >= 11 is 0. The molecular weight excluding hydrogens is 359 g/mol. The molecule has 2 heterocycles. The lowest BCUT2D eigenvalue weighted by Crippen LogP contribution is -2.38. The molecule has 0 spiro atoms. The van der Waals surface area contributed by atoms with Crippen LogP contribution in [0, 0.1) is 17.1 Å². The molecule has 1 amide bonds. The van der Waals surface area contributed by atoms with E-state index in [-0.39, 0.29) is 11.7 Å². The number of nitriles is 1. The van der Waals surface area contributed by atoms with Crippen LogP contribution in [0.1, 0.15) is 27.2 Å². The number of rotatable bonds is 4. The van der Waals surface area contributed by atoms with Gasteiger partial charge in [-0.25, -0.2) is 4.39 Å². The van der Waals surface area contributed by atoms with Crippen LogP contribution in [-0.4, -0.2) is 27.1 Å². The first-order chi connectivity index (χ1) is 13.6. The highest BCUT2D eigenvalue weighted by molar-refractivity contribution is 5.94. The average Bonchev–Trinajstić information content (AvgIpc) is 3.14. The summed E-state index contributed by atoms with van der Waals surface area (Å²) in [5.74, 6) is -0.0213. The fourth-order valence-corrected chi connectivity index (χ4v) is 3.15. The predicted octanol–water partition coefficient (Wildman–Crippen LogP) is 3.13. The van der Waals surface area contributed by atoms with Crippen LogP contribution in [0.2, 0.25) is 0 Å². The number of fused-ring (bicyclic) bond motifs is 1. The number of hydrogen-bond acceptors (Lipinski definition) is 4. The zero-order valence-corrected chi connectivity index (χ0v) is 15.0. The highest BCUT2D eigenvalue weighted by Crippen LogP contribution is 2.21. The number of benzene rings is 2. The standard InChI is InChI=1S/C21H17FN4O2/c22-18-6-4-17(5-7-18)21(27)25-8-9-26-19(13-25)11-20(24-26)28-14-16-3-1-2-15(10-16)12-23/h1-7,10-11H,8-9,13-14H2. The van der Waals surface area contributed by atoms with E-state index in [0.29, 0.717) is 43.2 Å². The molecule has 28 heavy (non-hydrogen) atoms. The largest absolute Gasteiger partial charge is 0.472 e. The summed E-state index contributed by atoms with van der Waals surface area (Å²) in [7, 11) is 0. The van der Waals surface area contributed by atoms with E-state index in [0.717, 1.165) is 11.3 Å². The molecule has 7 heteroatoms. The van der Waals surface area contributed by atoms with Gasteiger partial charge in [0, 0.05) is 18.2 Å². The molecule has 0 unspecified atom stereocenters. The van der Waals surface area contributed by atoms with E-state index >= 15 is 0 Å². The van der Waals surface area contributed by atoms with Gasteiger partial charge in [-0.2, -0.15) is 5.26 Å². The van der Waals surface area contributed by atoms with E-state index in [9.17, 15) is 9.18 Å². The molecule has 0 saturated heterocycles. The lowest BCUT2D eigenvalue weighted by Gasteiger charge is -2.27. The van der Waals surface area contributed by atoms with E-state index in [4.69, 9.17) is 10.00 Å². The Labute approximate surface area is 161 Å². The van der Waals surface area contributed by atoms with E-state index in [1.165, 1.54) is 24.3 Å². The lowest BCUT2D eigenvalue weighted by atomic mass is 10.1. The van der Waals surface area contributed by atoms with E-state index in [1.54, 1.807) is 17.0 Å². The third-order valence-corrected chi connectivity index (χ3v) is 4.60. The molecule has 0 radical (unpaired) electrons. The predicted molar refractivity (Wildman–Crippen MR) is 98.9 cm³/mol. The van der Waals surface area contributed by atoms with Gasteiger partial charge >= 0.3 is 0 Å². The maximum Gasteiger partial charge on any atom is 0.254 e. The van der Waals surface area contributed by atoms with Crippen molar-refractivity contribution in [2.24, 2.45) is 0 Å². The topological polar surface area (TPSA) is 71.2 Å². The minimum absolute atomic E-state index is 0.136. The van der Waals surface area contributed by atoms with E-state index < -0.39 is 0 Å². The normalized spacial score (nSPS) is 12.9. The maximum absolute atomic E-state index is 13.1. The molecule has 1 aliphatic rings. The minimum Gasteiger partial charge on any atom is -0.472 e. The molecule has 0 bridgehead atoms. The number of nitrogens with zero attached hydrogens (tertiary/aromatic N) is 4. The van der Waals surface area contributed by atoms with Crippen molar-refractivity contribution >= 4 is 5.91 Å². The van der Waals surface area contributed by atoms with Gasteiger partial charge in [0.2, 0.25) is 5.88 Å². The van der Waals surface area contributed by atoms with Crippen LogP contribution in [0.5, 0.6) is 5.88 Å². The van der Waals surface area contributed by atoms with Crippen molar-refractivity contribution < 1.29 is 13.9 Å². The van der Waals surface area contributed by atoms with Crippen LogP contribution < -0.4 is 4.74 Å². The van der Waals surface area contributed by atoms with Gasteiger partial charge in [0.1, 0.15) is 12.4 Å². The Morgan fingerprint density at radius 3 is 2.79 bits per heavy atom. The quantitative estimate of drug-likeness (QED) is 0.701. The number of carbonyl (C=O) groups excluding carboxylic acids is 1. The van der Waals surface area contributed by atoms with Crippen molar-refractivity contribution in [2.45, 2.75) is 19.7 Å². The molecule has 4 rings (SSSR count). The fourth-order valence-electron chi connectivity index (χ4n) is 3.15. The van der Waals surface area contributed by atoms with Crippen molar-refractivity contribution in [1.29, 1.82) is 5.26 Å². The van der Waals surface area contributed by atoms with Crippen LogP contribution in [0.3, 0.4) is 0 Å². The molecule has 1 aliphatic heterocycles. The summed E-state index contributed by atoms with van der Waals surface area (Å²) in [5, 5.41) is 13.4. The fraction of sp³-hybridized carbons (Fsp3) is 0.190. The van der Waals surface area contributed by atoms with Gasteiger partial charge in [-0.3, -0.25) is 9.48 Å². The third kappa shape index (κ3) is 3.71. The minimum atomic E-state index is -0.365. The molecule has 2 aromatic carbocycles. The molecule has 0 saturated carbocycles. The maximum atomic E-state index is 13.1.